The Hall–Kier alpha value is -1.65. The number of aromatic nitrogens is 1. The number of anilines is 1. The number of nitrogens with zero attached hydrogens (tertiary/aromatic N) is 5. The molecule has 0 aromatic carbocycles. The van der Waals surface area contributed by atoms with E-state index in [1.54, 1.807) is 23.3 Å². The van der Waals surface area contributed by atoms with Crippen LogP contribution >= 0.6 is 11.3 Å². The van der Waals surface area contributed by atoms with E-state index in [1.807, 2.05) is 11.6 Å². The lowest BCUT2D eigenvalue weighted by Crippen LogP contribution is -2.47. The molecule has 1 amide bonds. The largest absolute Gasteiger partial charge is 0.346 e. The summed E-state index contributed by atoms with van der Waals surface area (Å²) in [6.45, 7) is 5.18. The zero-order valence-electron chi connectivity index (χ0n) is 12.4. The number of amides is 1. The molecule has 0 N–H and O–H groups in total. The van der Waals surface area contributed by atoms with Crippen LogP contribution in [0.25, 0.3) is 0 Å². The SMILES string of the molecule is CN(CCC#N)C(=O)CCN1CCN(c2nccs2)CC1. The van der Waals surface area contributed by atoms with Gasteiger partial charge in [0.1, 0.15) is 0 Å². The summed E-state index contributed by atoms with van der Waals surface area (Å²) in [6.07, 6.45) is 2.76. The topological polar surface area (TPSA) is 63.5 Å². The van der Waals surface area contributed by atoms with Crippen molar-refractivity contribution in [3.8, 4) is 6.07 Å². The molecule has 0 unspecified atom stereocenters. The van der Waals surface area contributed by atoms with Crippen LogP contribution in [0.1, 0.15) is 12.8 Å². The van der Waals surface area contributed by atoms with Crippen molar-refractivity contribution in [1.29, 1.82) is 5.26 Å². The molecule has 0 saturated carbocycles. The summed E-state index contributed by atoms with van der Waals surface area (Å²) < 4.78 is 0. The van der Waals surface area contributed by atoms with E-state index in [1.165, 1.54) is 0 Å². The van der Waals surface area contributed by atoms with Crippen molar-refractivity contribution in [1.82, 2.24) is 14.8 Å². The van der Waals surface area contributed by atoms with E-state index < -0.39 is 0 Å². The van der Waals surface area contributed by atoms with Crippen molar-refractivity contribution in [3.63, 3.8) is 0 Å². The van der Waals surface area contributed by atoms with Crippen LogP contribution in [0.3, 0.4) is 0 Å². The molecule has 2 rings (SSSR count). The first-order chi connectivity index (χ1) is 10.2. The normalized spacial score (nSPS) is 15.7. The summed E-state index contributed by atoms with van der Waals surface area (Å²) in [5.74, 6) is 0.118. The Balaban J connectivity index is 1.67. The third-order valence-corrected chi connectivity index (χ3v) is 4.52. The summed E-state index contributed by atoms with van der Waals surface area (Å²) in [5, 5.41) is 11.6. The van der Waals surface area contributed by atoms with Crippen LogP contribution < -0.4 is 4.90 Å². The molecule has 1 aromatic rings. The first-order valence-corrected chi connectivity index (χ1v) is 8.06. The fourth-order valence-corrected chi connectivity index (χ4v) is 3.02. The molecule has 114 valence electrons. The summed E-state index contributed by atoms with van der Waals surface area (Å²) in [7, 11) is 1.76. The second-order valence-electron chi connectivity index (χ2n) is 5.12. The van der Waals surface area contributed by atoms with Crippen LogP contribution in [0.5, 0.6) is 0 Å². The van der Waals surface area contributed by atoms with Gasteiger partial charge in [0, 0.05) is 64.3 Å². The number of rotatable bonds is 6. The van der Waals surface area contributed by atoms with E-state index in [2.05, 4.69) is 20.9 Å². The van der Waals surface area contributed by atoms with Gasteiger partial charge in [-0.2, -0.15) is 5.26 Å². The zero-order valence-corrected chi connectivity index (χ0v) is 13.2. The minimum atomic E-state index is 0.118. The Morgan fingerprint density at radius 2 is 2.24 bits per heavy atom. The van der Waals surface area contributed by atoms with Crippen LogP contribution in [0.2, 0.25) is 0 Å². The van der Waals surface area contributed by atoms with Gasteiger partial charge in [-0.1, -0.05) is 0 Å². The Bertz CT molecular complexity index is 476. The summed E-state index contributed by atoms with van der Waals surface area (Å²) >= 11 is 1.67. The van der Waals surface area contributed by atoms with Crippen molar-refractivity contribution < 1.29 is 4.79 Å². The monoisotopic (exact) mass is 307 g/mol. The minimum absolute atomic E-state index is 0.118. The number of piperazine rings is 1. The lowest BCUT2D eigenvalue weighted by molar-refractivity contribution is -0.130. The van der Waals surface area contributed by atoms with Crippen molar-refractivity contribution in [2.45, 2.75) is 12.8 Å². The third kappa shape index (κ3) is 4.69. The van der Waals surface area contributed by atoms with Gasteiger partial charge in [-0.25, -0.2) is 4.98 Å². The summed E-state index contributed by atoms with van der Waals surface area (Å²) in [6, 6.07) is 2.06. The predicted molar refractivity (Wildman–Crippen MR) is 83.3 cm³/mol. The molecule has 0 bridgehead atoms. The highest BCUT2D eigenvalue weighted by Crippen LogP contribution is 2.18. The van der Waals surface area contributed by atoms with Crippen LogP contribution in [-0.4, -0.2) is 67.0 Å². The van der Waals surface area contributed by atoms with Gasteiger partial charge >= 0.3 is 0 Å². The number of hydrogen-bond donors (Lipinski definition) is 0. The van der Waals surface area contributed by atoms with E-state index in [0.717, 1.165) is 37.9 Å². The van der Waals surface area contributed by atoms with Gasteiger partial charge in [-0.05, 0) is 0 Å². The molecule has 21 heavy (non-hydrogen) atoms. The highest BCUT2D eigenvalue weighted by molar-refractivity contribution is 7.13. The molecule has 2 heterocycles. The molecule has 0 spiro atoms. The average molecular weight is 307 g/mol. The smallest absolute Gasteiger partial charge is 0.223 e. The van der Waals surface area contributed by atoms with E-state index in [-0.39, 0.29) is 5.91 Å². The third-order valence-electron chi connectivity index (χ3n) is 3.69. The first kappa shape index (κ1) is 15.7. The number of nitriles is 1. The van der Waals surface area contributed by atoms with Gasteiger partial charge in [0.05, 0.1) is 12.5 Å². The second kappa shape index (κ2) is 7.96. The zero-order chi connectivity index (χ0) is 15.1. The van der Waals surface area contributed by atoms with E-state index in [4.69, 9.17) is 5.26 Å². The number of hydrogen-bond acceptors (Lipinski definition) is 6. The molecule has 7 heteroatoms. The molecule has 1 aliphatic rings. The van der Waals surface area contributed by atoms with Crippen molar-refractivity contribution in [3.05, 3.63) is 11.6 Å². The maximum atomic E-state index is 11.9. The Morgan fingerprint density at radius 3 is 2.86 bits per heavy atom. The van der Waals surface area contributed by atoms with Crippen molar-refractivity contribution in [2.24, 2.45) is 0 Å². The Kier molecular flexibility index (Phi) is 5.96. The molecular weight excluding hydrogens is 286 g/mol. The van der Waals surface area contributed by atoms with E-state index in [0.29, 0.717) is 19.4 Å². The van der Waals surface area contributed by atoms with Gasteiger partial charge in [0.2, 0.25) is 5.91 Å². The fraction of sp³-hybridized carbons (Fsp3) is 0.643. The van der Waals surface area contributed by atoms with Crippen molar-refractivity contribution >= 4 is 22.4 Å². The van der Waals surface area contributed by atoms with Crippen LogP contribution in [0.15, 0.2) is 11.6 Å². The molecule has 1 saturated heterocycles. The molecule has 1 aliphatic heterocycles. The molecule has 0 atom stereocenters. The average Bonchev–Trinajstić information content (AvgIpc) is 3.05. The number of carbonyl (C=O) groups excluding carboxylic acids is 1. The van der Waals surface area contributed by atoms with Crippen LogP contribution in [0, 0.1) is 11.3 Å². The highest BCUT2D eigenvalue weighted by Gasteiger charge is 2.19. The minimum Gasteiger partial charge on any atom is -0.346 e. The van der Waals surface area contributed by atoms with Crippen LogP contribution in [-0.2, 0) is 4.79 Å². The van der Waals surface area contributed by atoms with Gasteiger partial charge < -0.3 is 9.80 Å². The quantitative estimate of drug-likeness (QED) is 0.785. The molecule has 1 fully saturated rings. The van der Waals surface area contributed by atoms with E-state index >= 15 is 0 Å². The molecule has 1 aromatic heterocycles. The Morgan fingerprint density at radius 1 is 1.48 bits per heavy atom. The van der Waals surface area contributed by atoms with Gasteiger partial charge in [0.15, 0.2) is 5.13 Å². The molecule has 0 aliphatic carbocycles. The highest BCUT2D eigenvalue weighted by atomic mass is 32.1. The van der Waals surface area contributed by atoms with Gasteiger partial charge in [-0.3, -0.25) is 9.69 Å². The van der Waals surface area contributed by atoms with E-state index in [9.17, 15) is 4.79 Å². The van der Waals surface area contributed by atoms with Crippen molar-refractivity contribution in [2.75, 3.05) is 51.2 Å². The fourth-order valence-electron chi connectivity index (χ4n) is 2.32. The van der Waals surface area contributed by atoms with Gasteiger partial charge in [0.25, 0.3) is 0 Å². The maximum Gasteiger partial charge on any atom is 0.223 e. The molecule has 0 radical (unpaired) electrons. The maximum absolute atomic E-state index is 11.9. The predicted octanol–water partition coefficient (Wildman–Crippen LogP) is 1.03. The first-order valence-electron chi connectivity index (χ1n) is 7.18. The number of carbonyl (C=O) groups is 1. The van der Waals surface area contributed by atoms with Gasteiger partial charge in [-0.15, -0.1) is 11.3 Å². The second-order valence-corrected chi connectivity index (χ2v) is 5.99. The summed E-state index contributed by atoms with van der Waals surface area (Å²) in [5.41, 5.74) is 0. The number of thiazole rings is 1. The lowest BCUT2D eigenvalue weighted by Gasteiger charge is -2.34. The lowest BCUT2D eigenvalue weighted by atomic mass is 10.2. The standard InChI is InChI=1S/C14H21N5OS/c1-17(6-2-4-15)13(20)3-7-18-8-10-19(11-9-18)14-16-5-12-21-14/h5,12H,2-3,6-11H2,1H3. The molecule has 6 nitrogen and oxygen atoms in total. The molecular formula is C14H21N5OS. The van der Waals surface area contributed by atoms with Crippen LogP contribution in [0.4, 0.5) is 5.13 Å². The Labute approximate surface area is 129 Å². The summed E-state index contributed by atoms with van der Waals surface area (Å²) in [4.78, 5) is 22.5.